The molecule has 0 atom stereocenters. The Morgan fingerprint density at radius 1 is 1.50 bits per heavy atom. The van der Waals surface area contributed by atoms with Gasteiger partial charge < -0.3 is 15.4 Å². The number of nitrogen functional groups attached to an aromatic ring is 1. The van der Waals surface area contributed by atoms with Crippen LogP contribution in [0.4, 0.5) is 5.69 Å². The molecule has 2 N–H and O–H groups in total. The van der Waals surface area contributed by atoms with Gasteiger partial charge in [-0.1, -0.05) is 13.8 Å². The highest BCUT2D eigenvalue weighted by molar-refractivity contribution is 5.99. The first-order chi connectivity index (χ1) is 9.49. The van der Waals surface area contributed by atoms with Crippen molar-refractivity contribution in [2.75, 3.05) is 25.9 Å². The van der Waals surface area contributed by atoms with E-state index in [-0.39, 0.29) is 5.91 Å². The molecule has 0 aliphatic heterocycles. The minimum atomic E-state index is -0.162. The summed E-state index contributed by atoms with van der Waals surface area (Å²) in [6, 6.07) is 7.07. The van der Waals surface area contributed by atoms with Crippen molar-refractivity contribution in [2.45, 2.75) is 20.3 Å². The summed E-state index contributed by atoms with van der Waals surface area (Å²) in [7, 11) is 1.54. The number of hydrogen-bond acceptors (Lipinski definition) is 4. The molecule has 20 heavy (non-hydrogen) atoms. The Kier molecular flexibility index (Phi) is 5.85. The molecule has 0 saturated heterocycles. The zero-order valence-corrected chi connectivity index (χ0v) is 12.2. The number of hydrogen-bond donors (Lipinski definition) is 1. The minimum absolute atomic E-state index is 0.162. The fourth-order valence-corrected chi connectivity index (χ4v) is 1.92. The van der Waals surface area contributed by atoms with E-state index in [0.717, 1.165) is 0 Å². The van der Waals surface area contributed by atoms with E-state index in [1.54, 1.807) is 30.2 Å². The van der Waals surface area contributed by atoms with Crippen molar-refractivity contribution in [1.29, 1.82) is 5.26 Å². The van der Waals surface area contributed by atoms with Crippen LogP contribution < -0.4 is 10.5 Å². The topological polar surface area (TPSA) is 79.3 Å². The van der Waals surface area contributed by atoms with Crippen LogP contribution in [0.25, 0.3) is 0 Å². The average molecular weight is 275 g/mol. The van der Waals surface area contributed by atoms with Gasteiger partial charge in [-0.25, -0.2) is 0 Å². The van der Waals surface area contributed by atoms with Crippen LogP contribution in [0.5, 0.6) is 5.75 Å². The third-order valence-corrected chi connectivity index (χ3v) is 2.86. The molecule has 1 rings (SSSR count). The number of rotatable bonds is 6. The number of nitriles is 1. The first-order valence-corrected chi connectivity index (χ1v) is 6.59. The minimum Gasteiger partial charge on any atom is -0.497 e. The van der Waals surface area contributed by atoms with Crippen LogP contribution in [-0.2, 0) is 0 Å². The van der Waals surface area contributed by atoms with Crippen LogP contribution in [0.1, 0.15) is 30.6 Å². The zero-order valence-electron chi connectivity index (χ0n) is 12.2. The summed E-state index contributed by atoms with van der Waals surface area (Å²) >= 11 is 0. The molecule has 0 bridgehead atoms. The second kappa shape index (κ2) is 7.39. The Balaban J connectivity index is 3.01. The highest BCUT2D eigenvalue weighted by Gasteiger charge is 2.19. The number of carbonyl (C=O) groups is 1. The standard InChI is InChI=1S/C15H21N3O2/c1-11(2)10-18(8-4-7-16)15(19)13-9-12(20-3)5-6-14(13)17/h5-6,9,11H,4,8,10,17H2,1-3H3. The summed E-state index contributed by atoms with van der Waals surface area (Å²) < 4.78 is 5.12. The van der Waals surface area contributed by atoms with E-state index in [1.165, 1.54) is 0 Å². The molecule has 0 aliphatic carbocycles. The van der Waals surface area contributed by atoms with Gasteiger partial charge in [0.1, 0.15) is 5.75 Å². The molecular formula is C15H21N3O2. The number of methoxy groups -OCH3 is 1. The van der Waals surface area contributed by atoms with Crippen LogP contribution in [0.3, 0.4) is 0 Å². The Morgan fingerprint density at radius 2 is 2.20 bits per heavy atom. The van der Waals surface area contributed by atoms with Gasteiger partial charge in [0.2, 0.25) is 0 Å². The van der Waals surface area contributed by atoms with Crippen LogP contribution in [0, 0.1) is 17.2 Å². The Morgan fingerprint density at radius 3 is 2.75 bits per heavy atom. The van der Waals surface area contributed by atoms with E-state index in [9.17, 15) is 4.79 Å². The van der Waals surface area contributed by atoms with Gasteiger partial charge >= 0.3 is 0 Å². The SMILES string of the molecule is COc1ccc(N)c(C(=O)N(CCC#N)CC(C)C)c1. The molecule has 0 aliphatic rings. The van der Waals surface area contributed by atoms with Gasteiger partial charge in [0.15, 0.2) is 0 Å². The number of amides is 1. The number of nitrogens with zero attached hydrogens (tertiary/aromatic N) is 2. The van der Waals surface area contributed by atoms with E-state index in [4.69, 9.17) is 15.7 Å². The van der Waals surface area contributed by atoms with Crippen molar-refractivity contribution in [3.8, 4) is 11.8 Å². The van der Waals surface area contributed by atoms with Crippen molar-refractivity contribution in [2.24, 2.45) is 5.92 Å². The van der Waals surface area contributed by atoms with E-state index >= 15 is 0 Å². The Labute approximate surface area is 119 Å². The summed E-state index contributed by atoms with van der Waals surface area (Å²) in [4.78, 5) is 14.2. The molecule has 5 nitrogen and oxygen atoms in total. The monoisotopic (exact) mass is 275 g/mol. The normalized spacial score (nSPS) is 10.2. The lowest BCUT2D eigenvalue weighted by molar-refractivity contribution is 0.0740. The van der Waals surface area contributed by atoms with Crippen molar-refractivity contribution in [1.82, 2.24) is 4.90 Å². The van der Waals surface area contributed by atoms with Gasteiger partial charge in [-0.3, -0.25) is 4.79 Å². The highest BCUT2D eigenvalue weighted by atomic mass is 16.5. The van der Waals surface area contributed by atoms with E-state index in [0.29, 0.717) is 42.4 Å². The lowest BCUT2D eigenvalue weighted by atomic mass is 10.1. The fraction of sp³-hybridized carbons (Fsp3) is 0.467. The van der Waals surface area contributed by atoms with Gasteiger partial charge in [0.25, 0.3) is 5.91 Å². The maximum Gasteiger partial charge on any atom is 0.256 e. The molecule has 0 spiro atoms. The van der Waals surface area contributed by atoms with E-state index in [2.05, 4.69) is 6.07 Å². The first-order valence-electron chi connectivity index (χ1n) is 6.59. The lowest BCUT2D eigenvalue weighted by Crippen LogP contribution is -2.35. The van der Waals surface area contributed by atoms with Crippen molar-refractivity contribution in [3.05, 3.63) is 23.8 Å². The Hall–Kier alpha value is -2.22. The predicted molar refractivity (Wildman–Crippen MR) is 78.4 cm³/mol. The summed E-state index contributed by atoms with van der Waals surface area (Å²) in [5.74, 6) is 0.752. The second-order valence-corrected chi connectivity index (χ2v) is 5.01. The van der Waals surface area contributed by atoms with E-state index in [1.807, 2.05) is 13.8 Å². The number of nitrogens with two attached hydrogens (primary N) is 1. The molecular weight excluding hydrogens is 254 g/mol. The molecule has 1 amide bonds. The predicted octanol–water partition coefficient (Wildman–Crippen LogP) is 2.29. The van der Waals surface area contributed by atoms with Gasteiger partial charge in [0.05, 0.1) is 25.2 Å². The average Bonchev–Trinajstić information content (AvgIpc) is 2.43. The zero-order chi connectivity index (χ0) is 15.1. The molecule has 0 aromatic heterocycles. The quantitative estimate of drug-likeness (QED) is 0.808. The second-order valence-electron chi connectivity index (χ2n) is 5.01. The Bertz CT molecular complexity index is 506. The van der Waals surface area contributed by atoms with Crippen LogP contribution in [0.2, 0.25) is 0 Å². The molecule has 1 aromatic carbocycles. The van der Waals surface area contributed by atoms with Crippen LogP contribution in [-0.4, -0.2) is 31.0 Å². The molecule has 1 aromatic rings. The molecule has 0 radical (unpaired) electrons. The number of benzene rings is 1. The molecule has 0 heterocycles. The highest BCUT2D eigenvalue weighted by Crippen LogP contribution is 2.21. The molecule has 0 unspecified atom stereocenters. The van der Waals surface area contributed by atoms with Gasteiger partial charge in [-0.2, -0.15) is 5.26 Å². The number of ether oxygens (including phenoxy) is 1. The van der Waals surface area contributed by atoms with Crippen molar-refractivity contribution >= 4 is 11.6 Å². The summed E-state index contributed by atoms with van der Waals surface area (Å²) in [6.45, 7) is 5.06. The van der Waals surface area contributed by atoms with E-state index < -0.39 is 0 Å². The maximum absolute atomic E-state index is 12.6. The molecule has 108 valence electrons. The van der Waals surface area contributed by atoms with Gasteiger partial charge in [0, 0.05) is 18.8 Å². The van der Waals surface area contributed by atoms with Crippen LogP contribution in [0.15, 0.2) is 18.2 Å². The van der Waals surface area contributed by atoms with Gasteiger partial charge in [-0.05, 0) is 24.1 Å². The summed E-state index contributed by atoms with van der Waals surface area (Å²) in [5.41, 5.74) is 6.71. The number of anilines is 1. The van der Waals surface area contributed by atoms with Crippen LogP contribution >= 0.6 is 0 Å². The third kappa shape index (κ3) is 4.16. The summed E-state index contributed by atoms with van der Waals surface area (Å²) in [6.07, 6.45) is 0.308. The fourth-order valence-electron chi connectivity index (χ4n) is 1.92. The third-order valence-electron chi connectivity index (χ3n) is 2.86. The maximum atomic E-state index is 12.6. The van der Waals surface area contributed by atoms with Gasteiger partial charge in [-0.15, -0.1) is 0 Å². The first kappa shape index (κ1) is 15.8. The molecule has 5 heteroatoms. The largest absolute Gasteiger partial charge is 0.497 e. The lowest BCUT2D eigenvalue weighted by Gasteiger charge is -2.24. The number of carbonyl (C=O) groups excluding carboxylic acids is 1. The summed E-state index contributed by atoms with van der Waals surface area (Å²) in [5, 5.41) is 8.71. The molecule has 0 saturated carbocycles. The van der Waals surface area contributed by atoms with Crippen molar-refractivity contribution < 1.29 is 9.53 Å². The smallest absolute Gasteiger partial charge is 0.256 e. The van der Waals surface area contributed by atoms with Crippen molar-refractivity contribution in [3.63, 3.8) is 0 Å². The molecule has 0 fully saturated rings.